The quantitative estimate of drug-likeness (QED) is 0.698. The Bertz CT molecular complexity index is 526. The van der Waals surface area contributed by atoms with E-state index in [1.54, 1.807) is 0 Å². The van der Waals surface area contributed by atoms with Gasteiger partial charge in [-0.25, -0.2) is 9.48 Å². The summed E-state index contributed by atoms with van der Waals surface area (Å²) in [5.74, 6) is -1.14. The van der Waals surface area contributed by atoms with E-state index in [1.165, 1.54) is 10.9 Å². The Balaban J connectivity index is 1.82. The molecular formula is C13H21N5O3. The average Bonchev–Trinajstić information content (AvgIpc) is 2.87. The van der Waals surface area contributed by atoms with Crippen molar-refractivity contribution in [2.24, 2.45) is 5.41 Å². The predicted molar refractivity (Wildman–Crippen MR) is 74.8 cm³/mol. The lowest BCUT2D eigenvalue weighted by atomic mass is 9.77. The molecule has 1 aromatic rings. The van der Waals surface area contributed by atoms with Gasteiger partial charge in [-0.05, 0) is 24.8 Å². The molecule has 2 rings (SSSR count). The minimum atomic E-state index is -1.11. The van der Waals surface area contributed by atoms with E-state index in [0.29, 0.717) is 13.1 Å². The zero-order chi connectivity index (χ0) is 15.5. The third-order valence-corrected chi connectivity index (χ3v) is 3.79. The van der Waals surface area contributed by atoms with Crippen molar-refractivity contribution < 1.29 is 14.7 Å². The Hall–Kier alpha value is -1.96. The summed E-state index contributed by atoms with van der Waals surface area (Å²) in [6.07, 6.45) is 3.44. The molecule has 0 aliphatic carbocycles. The monoisotopic (exact) mass is 295 g/mol. The van der Waals surface area contributed by atoms with E-state index in [4.69, 9.17) is 5.11 Å². The zero-order valence-electron chi connectivity index (χ0n) is 12.3. The van der Waals surface area contributed by atoms with Crippen LogP contribution in [0.4, 0.5) is 0 Å². The van der Waals surface area contributed by atoms with Crippen LogP contribution in [0, 0.1) is 5.41 Å². The number of carbonyl (C=O) groups is 2. The molecule has 21 heavy (non-hydrogen) atoms. The molecule has 1 amide bonds. The fourth-order valence-corrected chi connectivity index (χ4v) is 2.56. The number of rotatable bonds is 5. The van der Waals surface area contributed by atoms with Gasteiger partial charge in [0.25, 0.3) is 0 Å². The van der Waals surface area contributed by atoms with Crippen LogP contribution >= 0.6 is 0 Å². The lowest BCUT2D eigenvalue weighted by Gasteiger charge is -2.38. The molecule has 1 atom stereocenters. The van der Waals surface area contributed by atoms with Crippen LogP contribution in [0.15, 0.2) is 6.20 Å². The van der Waals surface area contributed by atoms with Crippen molar-refractivity contribution >= 4 is 11.9 Å². The van der Waals surface area contributed by atoms with Crippen LogP contribution in [0.25, 0.3) is 0 Å². The molecule has 1 unspecified atom stereocenters. The maximum Gasteiger partial charge on any atom is 0.358 e. The minimum absolute atomic E-state index is 0.0294. The highest BCUT2D eigenvalue weighted by atomic mass is 16.4. The smallest absolute Gasteiger partial charge is 0.358 e. The fourth-order valence-electron chi connectivity index (χ4n) is 2.56. The van der Waals surface area contributed by atoms with Gasteiger partial charge in [0.05, 0.1) is 18.8 Å². The Kier molecular flexibility index (Phi) is 4.56. The highest BCUT2D eigenvalue weighted by Crippen LogP contribution is 2.29. The van der Waals surface area contributed by atoms with E-state index in [-0.39, 0.29) is 23.1 Å². The second-order valence-electron chi connectivity index (χ2n) is 5.94. The van der Waals surface area contributed by atoms with Crippen molar-refractivity contribution in [3.05, 3.63) is 11.9 Å². The van der Waals surface area contributed by atoms with Crippen LogP contribution in [-0.4, -0.2) is 51.1 Å². The van der Waals surface area contributed by atoms with Crippen LogP contribution < -0.4 is 10.6 Å². The van der Waals surface area contributed by atoms with Crippen molar-refractivity contribution in [1.29, 1.82) is 0 Å². The topological polar surface area (TPSA) is 109 Å². The van der Waals surface area contributed by atoms with Gasteiger partial charge in [0.1, 0.15) is 0 Å². The standard InChI is InChI=1S/C13H21N5O3/c1-13(2)4-3-5-14-10(13)11(19)15-6-7-18-8-9(12(20)21)16-17-18/h8,10,14H,3-7H2,1-2H3,(H,15,19)(H,20,21). The molecule has 8 heteroatoms. The van der Waals surface area contributed by atoms with Crippen molar-refractivity contribution in [2.75, 3.05) is 13.1 Å². The third kappa shape index (κ3) is 3.78. The minimum Gasteiger partial charge on any atom is -0.476 e. The lowest BCUT2D eigenvalue weighted by Crippen LogP contribution is -2.55. The van der Waals surface area contributed by atoms with Crippen molar-refractivity contribution in [3.8, 4) is 0 Å². The van der Waals surface area contributed by atoms with Crippen LogP contribution in [0.1, 0.15) is 37.2 Å². The fraction of sp³-hybridized carbons (Fsp3) is 0.692. The number of amides is 1. The van der Waals surface area contributed by atoms with Crippen molar-refractivity contribution in [2.45, 2.75) is 39.3 Å². The first-order chi connectivity index (χ1) is 9.90. The average molecular weight is 295 g/mol. The number of piperidine rings is 1. The van der Waals surface area contributed by atoms with Gasteiger partial charge in [-0.15, -0.1) is 5.10 Å². The Morgan fingerprint density at radius 2 is 2.33 bits per heavy atom. The van der Waals surface area contributed by atoms with E-state index in [1.807, 2.05) is 0 Å². The van der Waals surface area contributed by atoms with E-state index < -0.39 is 5.97 Å². The molecule has 1 aromatic heterocycles. The molecule has 8 nitrogen and oxygen atoms in total. The first-order valence-corrected chi connectivity index (χ1v) is 7.05. The number of hydrogen-bond donors (Lipinski definition) is 3. The molecule has 1 fully saturated rings. The molecule has 0 aromatic carbocycles. The molecule has 0 radical (unpaired) electrons. The number of aromatic nitrogens is 3. The first-order valence-electron chi connectivity index (χ1n) is 7.05. The summed E-state index contributed by atoms with van der Waals surface area (Å²) in [7, 11) is 0. The summed E-state index contributed by atoms with van der Waals surface area (Å²) >= 11 is 0. The van der Waals surface area contributed by atoms with E-state index in [0.717, 1.165) is 19.4 Å². The van der Waals surface area contributed by atoms with Gasteiger partial charge in [0, 0.05) is 6.54 Å². The Morgan fingerprint density at radius 3 is 2.95 bits per heavy atom. The number of carbonyl (C=O) groups excluding carboxylic acids is 1. The second-order valence-corrected chi connectivity index (χ2v) is 5.94. The summed E-state index contributed by atoms with van der Waals surface area (Å²) in [5.41, 5.74) is -0.164. The Morgan fingerprint density at radius 1 is 1.57 bits per heavy atom. The second kappa shape index (κ2) is 6.21. The Labute approximate surface area is 122 Å². The number of carboxylic acid groups (broad SMARTS) is 1. The van der Waals surface area contributed by atoms with Crippen LogP contribution in [0.2, 0.25) is 0 Å². The number of nitrogens with zero attached hydrogens (tertiary/aromatic N) is 3. The first kappa shape index (κ1) is 15.4. The predicted octanol–water partition coefficient (Wildman–Crippen LogP) is -0.129. The largest absolute Gasteiger partial charge is 0.476 e. The van der Waals surface area contributed by atoms with Crippen LogP contribution in [0.3, 0.4) is 0 Å². The van der Waals surface area contributed by atoms with Gasteiger partial charge in [0.15, 0.2) is 5.69 Å². The summed E-state index contributed by atoms with van der Waals surface area (Å²) < 4.78 is 1.41. The normalized spacial score (nSPS) is 21.0. The molecule has 1 saturated heterocycles. The lowest BCUT2D eigenvalue weighted by molar-refractivity contribution is -0.126. The van der Waals surface area contributed by atoms with Gasteiger partial charge >= 0.3 is 5.97 Å². The van der Waals surface area contributed by atoms with Crippen molar-refractivity contribution in [3.63, 3.8) is 0 Å². The van der Waals surface area contributed by atoms with Gasteiger partial charge < -0.3 is 15.7 Å². The van der Waals surface area contributed by atoms with Gasteiger partial charge in [-0.1, -0.05) is 19.1 Å². The molecule has 2 heterocycles. The summed E-state index contributed by atoms with van der Waals surface area (Å²) in [5, 5.41) is 22.1. The zero-order valence-corrected chi connectivity index (χ0v) is 12.3. The van der Waals surface area contributed by atoms with Crippen LogP contribution in [-0.2, 0) is 11.3 Å². The molecule has 116 valence electrons. The van der Waals surface area contributed by atoms with E-state index in [9.17, 15) is 9.59 Å². The number of hydrogen-bond acceptors (Lipinski definition) is 5. The molecule has 3 N–H and O–H groups in total. The maximum absolute atomic E-state index is 12.2. The number of nitrogens with one attached hydrogen (secondary N) is 2. The van der Waals surface area contributed by atoms with Gasteiger partial charge in [-0.3, -0.25) is 4.79 Å². The molecule has 1 aliphatic heterocycles. The highest BCUT2D eigenvalue weighted by Gasteiger charge is 2.36. The number of carboxylic acids is 1. The highest BCUT2D eigenvalue weighted by molar-refractivity contribution is 5.84. The SMILES string of the molecule is CC1(C)CCCNC1C(=O)NCCn1cc(C(=O)O)nn1. The molecule has 1 aliphatic rings. The number of aromatic carboxylic acids is 1. The molecule has 0 spiro atoms. The van der Waals surface area contributed by atoms with E-state index >= 15 is 0 Å². The van der Waals surface area contributed by atoms with Gasteiger partial charge in [-0.2, -0.15) is 0 Å². The molecule has 0 saturated carbocycles. The van der Waals surface area contributed by atoms with Crippen molar-refractivity contribution in [1.82, 2.24) is 25.6 Å². The molecule has 0 bridgehead atoms. The summed E-state index contributed by atoms with van der Waals surface area (Å²) in [6.45, 7) is 5.79. The van der Waals surface area contributed by atoms with Crippen LogP contribution in [0.5, 0.6) is 0 Å². The summed E-state index contributed by atoms with van der Waals surface area (Å²) in [6, 6.07) is -0.198. The summed E-state index contributed by atoms with van der Waals surface area (Å²) in [4.78, 5) is 22.9. The maximum atomic E-state index is 12.2. The van der Waals surface area contributed by atoms with E-state index in [2.05, 4.69) is 34.8 Å². The molecular weight excluding hydrogens is 274 g/mol. The van der Waals surface area contributed by atoms with Gasteiger partial charge in [0.2, 0.25) is 5.91 Å². The third-order valence-electron chi connectivity index (χ3n) is 3.79.